The first-order valence-corrected chi connectivity index (χ1v) is 11.9. The molecule has 2 aromatic carbocycles. The van der Waals surface area contributed by atoms with Crippen LogP contribution in [-0.2, 0) is 21.4 Å². The quantitative estimate of drug-likeness (QED) is 0.635. The highest BCUT2D eigenvalue weighted by Crippen LogP contribution is 2.31. The predicted octanol–water partition coefficient (Wildman–Crippen LogP) is 3.33. The number of hydrogen-bond donors (Lipinski definition) is 1. The normalized spacial score (nSPS) is 17.3. The second kappa shape index (κ2) is 9.80. The summed E-state index contributed by atoms with van der Waals surface area (Å²) in [5.74, 6) is 0.779. The molecule has 1 amide bonds. The van der Waals surface area contributed by atoms with Gasteiger partial charge in [0.2, 0.25) is 15.9 Å². The summed E-state index contributed by atoms with van der Waals surface area (Å²) in [5.41, 5.74) is 0.697. The standard InChI is InChI=1S/C21H25BrN2O5S/c1-28-19-10-9-15(12-20(19)29-2)14-24(18-8-3-4-11-23-21(18)25)30(26,27)17-7-5-6-16(22)13-17/h5-7,9-10,12-13,18H,3-4,8,11,14H2,1-2H3,(H,23,25). The van der Waals surface area contributed by atoms with Gasteiger partial charge in [-0.05, 0) is 55.2 Å². The Bertz CT molecular complexity index is 1010. The maximum Gasteiger partial charge on any atom is 0.244 e. The molecule has 3 rings (SSSR count). The molecular formula is C21H25BrN2O5S. The van der Waals surface area contributed by atoms with Gasteiger partial charge in [0.15, 0.2) is 11.5 Å². The molecule has 0 radical (unpaired) electrons. The van der Waals surface area contributed by atoms with Gasteiger partial charge in [-0.2, -0.15) is 4.31 Å². The van der Waals surface area contributed by atoms with E-state index in [1.54, 1.807) is 36.4 Å². The first-order chi connectivity index (χ1) is 14.4. The molecule has 1 saturated heterocycles. The summed E-state index contributed by atoms with van der Waals surface area (Å²) in [6.07, 6.45) is 2.05. The van der Waals surface area contributed by atoms with Crippen LogP contribution in [0.3, 0.4) is 0 Å². The van der Waals surface area contributed by atoms with Crippen molar-refractivity contribution in [2.75, 3.05) is 20.8 Å². The molecule has 1 aliphatic heterocycles. The van der Waals surface area contributed by atoms with E-state index < -0.39 is 16.1 Å². The molecule has 1 unspecified atom stereocenters. The Morgan fingerprint density at radius 2 is 1.87 bits per heavy atom. The molecule has 1 N–H and O–H groups in total. The third-order valence-electron chi connectivity index (χ3n) is 5.04. The summed E-state index contributed by atoms with van der Waals surface area (Å²) in [6.45, 7) is 0.587. The molecule has 9 heteroatoms. The van der Waals surface area contributed by atoms with E-state index in [0.717, 1.165) is 12.8 Å². The minimum atomic E-state index is -3.94. The van der Waals surface area contributed by atoms with Crippen LogP contribution in [0.2, 0.25) is 0 Å². The van der Waals surface area contributed by atoms with E-state index in [1.807, 2.05) is 0 Å². The number of ether oxygens (including phenoxy) is 2. The summed E-state index contributed by atoms with van der Waals surface area (Å²) in [4.78, 5) is 12.9. The van der Waals surface area contributed by atoms with Crippen LogP contribution in [0.1, 0.15) is 24.8 Å². The number of carbonyl (C=O) groups excluding carboxylic acids is 1. The van der Waals surface area contributed by atoms with Crippen molar-refractivity contribution in [3.8, 4) is 11.5 Å². The maximum atomic E-state index is 13.6. The zero-order valence-electron chi connectivity index (χ0n) is 16.9. The molecule has 0 saturated carbocycles. The van der Waals surface area contributed by atoms with Crippen LogP contribution in [0.25, 0.3) is 0 Å². The van der Waals surface area contributed by atoms with Crippen LogP contribution in [0.4, 0.5) is 0 Å². The van der Waals surface area contributed by atoms with Gasteiger partial charge in [0.05, 0.1) is 19.1 Å². The number of nitrogens with zero attached hydrogens (tertiary/aromatic N) is 1. The SMILES string of the molecule is COc1ccc(CN(C2CCCCNC2=O)S(=O)(=O)c2cccc(Br)c2)cc1OC. The lowest BCUT2D eigenvalue weighted by Gasteiger charge is -2.29. The molecule has 30 heavy (non-hydrogen) atoms. The second-order valence-corrected chi connectivity index (χ2v) is 9.81. The third-order valence-corrected chi connectivity index (χ3v) is 7.39. The molecule has 1 heterocycles. The highest BCUT2D eigenvalue weighted by atomic mass is 79.9. The lowest BCUT2D eigenvalue weighted by molar-refractivity contribution is -0.124. The Balaban J connectivity index is 2.04. The van der Waals surface area contributed by atoms with Crippen LogP contribution in [-0.4, -0.2) is 45.4 Å². The Morgan fingerprint density at radius 1 is 1.10 bits per heavy atom. The lowest BCUT2D eigenvalue weighted by atomic mass is 10.1. The van der Waals surface area contributed by atoms with Gasteiger partial charge in [0.1, 0.15) is 6.04 Å². The molecule has 162 valence electrons. The number of amides is 1. The van der Waals surface area contributed by atoms with Crippen LogP contribution in [0.15, 0.2) is 51.8 Å². The van der Waals surface area contributed by atoms with Gasteiger partial charge in [-0.15, -0.1) is 0 Å². The summed E-state index contributed by atoms with van der Waals surface area (Å²) >= 11 is 3.33. The number of carbonyl (C=O) groups is 1. The molecule has 1 aliphatic rings. The van der Waals surface area contributed by atoms with E-state index in [2.05, 4.69) is 21.2 Å². The van der Waals surface area contributed by atoms with Gasteiger partial charge in [0.25, 0.3) is 0 Å². The average Bonchev–Trinajstić information content (AvgIpc) is 2.95. The first kappa shape index (κ1) is 22.6. The fourth-order valence-electron chi connectivity index (χ4n) is 3.48. The van der Waals surface area contributed by atoms with Gasteiger partial charge in [-0.1, -0.05) is 28.1 Å². The molecule has 1 atom stereocenters. The van der Waals surface area contributed by atoms with Crippen LogP contribution in [0, 0.1) is 0 Å². The van der Waals surface area contributed by atoms with E-state index in [0.29, 0.717) is 34.5 Å². The van der Waals surface area contributed by atoms with Crippen molar-refractivity contribution in [1.29, 1.82) is 0 Å². The number of methoxy groups -OCH3 is 2. The number of benzene rings is 2. The highest BCUT2D eigenvalue weighted by molar-refractivity contribution is 9.10. The fraction of sp³-hybridized carbons (Fsp3) is 0.381. The van der Waals surface area contributed by atoms with Gasteiger partial charge >= 0.3 is 0 Å². The molecule has 0 aromatic heterocycles. The first-order valence-electron chi connectivity index (χ1n) is 9.63. The Hall–Kier alpha value is -2.10. The van der Waals surface area contributed by atoms with Crippen LogP contribution < -0.4 is 14.8 Å². The molecule has 2 aromatic rings. The lowest BCUT2D eigenvalue weighted by Crippen LogP contribution is -2.48. The van der Waals surface area contributed by atoms with Crippen LogP contribution >= 0.6 is 15.9 Å². The summed E-state index contributed by atoms with van der Waals surface area (Å²) in [6, 6.07) is 11.0. The summed E-state index contributed by atoms with van der Waals surface area (Å²) < 4.78 is 39.7. The molecule has 0 spiro atoms. The van der Waals surface area contributed by atoms with Crippen molar-refractivity contribution in [3.05, 3.63) is 52.5 Å². The number of hydrogen-bond acceptors (Lipinski definition) is 5. The average molecular weight is 497 g/mol. The Kier molecular flexibility index (Phi) is 7.38. The van der Waals surface area contributed by atoms with Crippen LogP contribution in [0.5, 0.6) is 11.5 Å². The fourth-order valence-corrected chi connectivity index (χ4v) is 5.69. The topological polar surface area (TPSA) is 84.9 Å². The van der Waals surface area contributed by atoms with Crippen molar-refractivity contribution in [1.82, 2.24) is 9.62 Å². The van der Waals surface area contributed by atoms with Gasteiger partial charge in [0, 0.05) is 17.6 Å². The van der Waals surface area contributed by atoms with E-state index in [4.69, 9.17) is 9.47 Å². The highest BCUT2D eigenvalue weighted by Gasteiger charge is 2.36. The van der Waals surface area contributed by atoms with E-state index in [1.165, 1.54) is 24.6 Å². The van der Waals surface area contributed by atoms with Gasteiger partial charge in [-0.3, -0.25) is 4.79 Å². The van der Waals surface area contributed by atoms with Gasteiger partial charge < -0.3 is 14.8 Å². The number of halogens is 1. The molecule has 1 fully saturated rings. The molecule has 0 bridgehead atoms. The molecular weight excluding hydrogens is 472 g/mol. The Labute approximate surface area is 185 Å². The van der Waals surface area contributed by atoms with Crippen molar-refractivity contribution in [2.24, 2.45) is 0 Å². The number of sulfonamides is 1. The van der Waals surface area contributed by atoms with E-state index in [9.17, 15) is 13.2 Å². The number of nitrogens with one attached hydrogen (secondary N) is 1. The minimum Gasteiger partial charge on any atom is -0.493 e. The zero-order valence-corrected chi connectivity index (χ0v) is 19.3. The van der Waals surface area contributed by atoms with E-state index >= 15 is 0 Å². The number of rotatable bonds is 7. The zero-order chi connectivity index (χ0) is 21.7. The largest absolute Gasteiger partial charge is 0.493 e. The maximum absolute atomic E-state index is 13.6. The minimum absolute atomic E-state index is 0.0350. The monoisotopic (exact) mass is 496 g/mol. The summed E-state index contributed by atoms with van der Waals surface area (Å²) in [5, 5.41) is 2.84. The van der Waals surface area contributed by atoms with Crippen molar-refractivity contribution >= 4 is 31.9 Å². The van der Waals surface area contributed by atoms with E-state index in [-0.39, 0.29) is 17.3 Å². The molecule has 7 nitrogen and oxygen atoms in total. The Morgan fingerprint density at radius 3 is 2.57 bits per heavy atom. The second-order valence-electron chi connectivity index (χ2n) is 7.00. The molecule has 0 aliphatic carbocycles. The predicted molar refractivity (Wildman–Crippen MR) is 117 cm³/mol. The van der Waals surface area contributed by atoms with Crippen molar-refractivity contribution < 1.29 is 22.7 Å². The summed E-state index contributed by atoms with van der Waals surface area (Å²) in [7, 11) is -0.872. The smallest absolute Gasteiger partial charge is 0.244 e. The van der Waals surface area contributed by atoms with Crippen molar-refractivity contribution in [3.63, 3.8) is 0 Å². The van der Waals surface area contributed by atoms with Gasteiger partial charge in [-0.25, -0.2) is 8.42 Å². The third kappa shape index (κ3) is 4.96. The van der Waals surface area contributed by atoms with Crippen molar-refractivity contribution in [2.45, 2.75) is 36.7 Å².